The lowest BCUT2D eigenvalue weighted by Crippen LogP contribution is -2.42. The van der Waals surface area contributed by atoms with Gasteiger partial charge in [0.05, 0.1) is 23.8 Å². The highest BCUT2D eigenvalue weighted by molar-refractivity contribution is 6.32. The van der Waals surface area contributed by atoms with Crippen molar-refractivity contribution in [1.82, 2.24) is 14.9 Å². The van der Waals surface area contributed by atoms with Crippen LogP contribution in [-0.2, 0) is 6.42 Å². The lowest BCUT2D eigenvalue weighted by molar-refractivity contribution is 0.0233. The van der Waals surface area contributed by atoms with E-state index in [1.54, 1.807) is 13.3 Å². The van der Waals surface area contributed by atoms with Crippen LogP contribution in [0.25, 0.3) is 10.9 Å². The zero-order chi connectivity index (χ0) is 24.7. The van der Waals surface area contributed by atoms with E-state index in [0.29, 0.717) is 22.8 Å². The topological polar surface area (TPSA) is 78.7 Å². The minimum absolute atomic E-state index is 0.147. The first-order valence-electron chi connectivity index (χ1n) is 12.6. The molecule has 188 valence electrons. The molecule has 2 aromatic heterocycles. The first-order valence-corrected chi connectivity index (χ1v) is 12.9. The van der Waals surface area contributed by atoms with E-state index in [0.717, 1.165) is 56.2 Å². The number of benzene rings is 1. The lowest BCUT2D eigenvalue weighted by atomic mass is 9.74. The van der Waals surface area contributed by atoms with Crippen LogP contribution < -0.4 is 4.74 Å². The number of aliphatic hydroxyl groups excluding tert-OH is 2. The molecular formula is C28H36ClN3O3. The Bertz CT molecular complexity index is 1090. The van der Waals surface area contributed by atoms with Gasteiger partial charge in [-0.2, -0.15) is 0 Å². The fourth-order valence-electron chi connectivity index (χ4n) is 5.17. The molecule has 6 nitrogen and oxygen atoms in total. The van der Waals surface area contributed by atoms with Crippen molar-refractivity contribution in [2.24, 2.45) is 5.41 Å². The zero-order valence-corrected chi connectivity index (χ0v) is 21.3. The van der Waals surface area contributed by atoms with E-state index in [9.17, 15) is 10.2 Å². The molecule has 1 saturated heterocycles. The number of aliphatic hydroxyl groups is 2. The molecule has 1 aromatic carbocycles. The normalized spacial score (nSPS) is 16.9. The number of aryl methyl sites for hydroxylation is 1. The molecule has 3 aromatic rings. The van der Waals surface area contributed by atoms with Gasteiger partial charge in [-0.05, 0) is 106 Å². The number of hydrogen-bond donors (Lipinski definition) is 2. The van der Waals surface area contributed by atoms with Crippen LogP contribution in [-0.4, -0.2) is 58.4 Å². The molecule has 1 atom stereocenters. The van der Waals surface area contributed by atoms with Gasteiger partial charge in [0.2, 0.25) is 0 Å². The van der Waals surface area contributed by atoms with E-state index in [2.05, 4.69) is 27.0 Å². The Morgan fingerprint density at radius 2 is 1.91 bits per heavy atom. The Hall–Kier alpha value is -2.25. The Morgan fingerprint density at radius 3 is 2.63 bits per heavy atom. The summed E-state index contributed by atoms with van der Waals surface area (Å²) in [5.41, 5.74) is 2.66. The second kappa shape index (κ2) is 12.1. The van der Waals surface area contributed by atoms with Crippen LogP contribution in [0.2, 0.25) is 5.02 Å². The van der Waals surface area contributed by atoms with Gasteiger partial charge in [0.15, 0.2) is 0 Å². The summed E-state index contributed by atoms with van der Waals surface area (Å²) in [7, 11) is 1.62. The Morgan fingerprint density at radius 1 is 1.14 bits per heavy atom. The first kappa shape index (κ1) is 25.8. The number of rotatable bonds is 11. The number of ether oxygens (including phenoxy) is 1. The number of piperidine rings is 1. The molecule has 1 aliphatic heterocycles. The minimum atomic E-state index is -0.727. The maximum Gasteiger partial charge on any atom is 0.119 e. The van der Waals surface area contributed by atoms with Crippen molar-refractivity contribution in [3.05, 3.63) is 65.1 Å². The molecule has 0 aliphatic carbocycles. The van der Waals surface area contributed by atoms with Crippen LogP contribution in [0.5, 0.6) is 5.75 Å². The van der Waals surface area contributed by atoms with E-state index >= 15 is 0 Å². The minimum Gasteiger partial charge on any atom is -0.497 e. The van der Waals surface area contributed by atoms with Crippen molar-refractivity contribution in [2.45, 2.75) is 51.0 Å². The second-order valence-corrected chi connectivity index (χ2v) is 10.2. The molecule has 0 spiro atoms. The van der Waals surface area contributed by atoms with Gasteiger partial charge in [-0.1, -0.05) is 11.6 Å². The molecule has 0 radical (unpaired) electrons. The standard InChI is InChI=1S/C28H36ClN3O3/c1-35-22-5-6-25-23(18-22)27(24(29)19-31-25)26(34)7-10-28(20-33)11-16-32(17-12-28)15-3-2-4-21-8-13-30-14-9-21/h5-6,8-9,13-14,18-19,26,33-34H,2-4,7,10-12,15-17,20H2,1H3. The summed E-state index contributed by atoms with van der Waals surface area (Å²) >= 11 is 6.48. The van der Waals surface area contributed by atoms with Gasteiger partial charge < -0.3 is 19.8 Å². The molecular weight excluding hydrogens is 462 g/mol. The summed E-state index contributed by atoms with van der Waals surface area (Å²) in [6.45, 7) is 3.22. The number of halogens is 1. The van der Waals surface area contributed by atoms with Crippen molar-refractivity contribution in [2.75, 3.05) is 33.4 Å². The molecule has 0 bridgehead atoms. The Balaban J connectivity index is 1.30. The molecule has 1 fully saturated rings. The average Bonchev–Trinajstić information content (AvgIpc) is 2.90. The largest absolute Gasteiger partial charge is 0.497 e. The highest BCUT2D eigenvalue weighted by Gasteiger charge is 2.34. The number of aromatic nitrogens is 2. The van der Waals surface area contributed by atoms with Gasteiger partial charge in [0.1, 0.15) is 5.75 Å². The van der Waals surface area contributed by atoms with E-state index in [4.69, 9.17) is 16.3 Å². The fraction of sp³-hybridized carbons (Fsp3) is 0.500. The quantitative estimate of drug-likeness (QED) is 0.354. The predicted molar refractivity (Wildman–Crippen MR) is 140 cm³/mol. The highest BCUT2D eigenvalue weighted by atomic mass is 35.5. The highest BCUT2D eigenvalue weighted by Crippen LogP contribution is 2.40. The van der Waals surface area contributed by atoms with Crippen LogP contribution >= 0.6 is 11.6 Å². The number of methoxy groups -OCH3 is 1. The van der Waals surface area contributed by atoms with E-state index in [1.165, 1.54) is 18.4 Å². The number of fused-ring (bicyclic) bond motifs is 1. The van der Waals surface area contributed by atoms with Crippen LogP contribution in [0, 0.1) is 5.41 Å². The smallest absolute Gasteiger partial charge is 0.119 e. The van der Waals surface area contributed by atoms with Crippen molar-refractivity contribution in [1.29, 1.82) is 0 Å². The van der Waals surface area contributed by atoms with Crippen molar-refractivity contribution in [3.8, 4) is 5.75 Å². The number of likely N-dealkylation sites (tertiary alicyclic amines) is 1. The van der Waals surface area contributed by atoms with Crippen molar-refractivity contribution < 1.29 is 14.9 Å². The molecule has 35 heavy (non-hydrogen) atoms. The van der Waals surface area contributed by atoms with Gasteiger partial charge in [0, 0.05) is 36.1 Å². The van der Waals surface area contributed by atoms with Gasteiger partial charge in [0.25, 0.3) is 0 Å². The van der Waals surface area contributed by atoms with E-state index in [1.807, 2.05) is 30.6 Å². The molecule has 0 amide bonds. The first-order chi connectivity index (χ1) is 17.0. The zero-order valence-electron chi connectivity index (χ0n) is 20.5. The third kappa shape index (κ3) is 6.50. The number of pyridine rings is 2. The fourth-order valence-corrected chi connectivity index (χ4v) is 5.45. The van der Waals surface area contributed by atoms with Gasteiger partial charge >= 0.3 is 0 Å². The maximum absolute atomic E-state index is 11.1. The van der Waals surface area contributed by atoms with Gasteiger partial charge in [-0.25, -0.2) is 0 Å². The van der Waals surface area contributed by atoms with Crippen molar-refractivity contribution in [3.63, 3.8) is 0 Å². The molecule has 0 saturated carbocycles. The summed E-state index contributed by atoms with van der Waals surface area (Å²) < 4.78 is 5.36. The van der Waals surface area contributed by atoms with Crippen molar-refractivity contribution >= 4 is 22.5 Å². The van der Waals surface area contributed by atoms with Crippen LogP contribution in [0.4, 0.5) is 0 Å². The van der Waals surface area contributed by atoms with E-state index < -0.39 is 6.10 Å². The van der Waals surface area contributed by atoms with Crippen LogP contribution in [0.1, 0.15) is 55.8 Å². The summed E-state index contributed by atoms with van der Waals surface area (Å²) in [5.74, 6) is 0.704. The van der Waals surface area contributed by atoms with E-state index in [-0.39, 0.29) is 12.0 Å². The lowest BCUT2D eigenvalue weighted by Gasteiger charge is -2.41. The van der Waals surface area contributed by atoms with Gasteiger partial charge in [-0.3, -0.25) is 9.97 Å². The number of unbranched alkanes of at least 4 members (excludes halogenated alkanes) is 1. The SMILES string of the molecule is COc1ccc2ncc(Cl)c(C(O)CCC3(CO)CCN(CCCCc4ccncc4)CC3)c2c1. The summed E-state index contributed by atoms with van der Waals surface area (Å²) in [4.78, 5) is 11.0. The molecule has 2 N–H and O–H groups in total. The summed E-state index contributed by atoms with van der Waals surface area (Å²) in [6, 6.07) is 9.78. The van der Waals surface area contributed by atoms with Crippen LogP contribution in [0.3, 0.4) is 0 Å². The number of nitrogens with zero attached hydrogens (tertiary/aromatic N) is 3. The average molecular weight is 498 g/mol. The molecule has 1 aliphatic rings. The Kier molecular flexibility index (Phi) is 8.95. The predicted octanol–water partition coefficient (Wildman–Crippen LogP) is 5.20. The molecule has 3 heterocycles. The van der Waals surface area contributed by atoms with Crippen LogP contribution in [0.15, 0.2) is 48.9 Å². The monoisotopic (exact) mass is 497 g/mol. The Labute approximate surface area is 212 Å². The molecule has 7 heteroatoms. The number of hydrogen-bond acceptors (Lipinski definition) is 6. The van der Waals surface area contributed by atoms with Gasteiger partial charge in [-0.15, -0.1) is 0 Å². The summed E-state index contributed by atoms with van der Waals surface area (Å²) in [5, 5.41) is 22.7. The summed E-state index contributed by atoms with van der Waals surface area (Å²) in [6.07, 6.45) is 11.2. The molecule has 4 rings (SSSR count). The molecule has 1 unspecified atom stereocenters. The third-order valence-electron chi connectivity index (χ3n) is 7.54. The second-order valence-electron chi connectivity index (χ2n) is 9.77. The third-order valence-corrected chi connectivity index (χ3v) is 7.84. The maximum atomic E-state index is 11.1.